The molecule has 0 fully saturated rings. The van der Waals surface area contributed by atoms with Crippen molar-refractivity contribution >= 4 is 50.5 Å². The van der Waals surface area contributed by atoms with Gasteiger partial charge in [-0.25, -0.2) is 13.6 Å². The van der Waals surface area contributed by atoms with E-state index < -0.39 is 10.0 Å². The fourth-order valence-corrected chi connectivity index (χ4v) is 2.96. The van der Waals surface area contributed by atoms with Gasteiger partial charge in [-0.15, -0.1) is 0 Å². The summed E-state index contributed by atoms with van der Waals surface area (Å²) in [5.74, 6) is 0. The van der Waals surface area contributed by atoms with E-state index in [1.165, 1.54) is 18.2 Å². The Kier molecular flexibility index (Phi) is 5.01. The molecule has 3 N–H and O–H groups in total. The molecule has 2 rings (SSSR count). The minimum Gasteiger partial charge on any atom is -0.380 e. The summed E-state index contributed by atoms with van der Waals surface area (Å²) in [5, 5.41) is 9.48. The molecule has 0 aromatic heterocycles. The molecule has 0 spiro atoms. The number of nitrogens with one attached hydrogen (secondary N) is 1. The molecule has 4 nitrogen and oxygen atoms in total. The van der Waals surface area contributed by atoms with Crippen LogP contribution in [-0.2, 0) is 16.6 Å². The van der Waals surface area contributed by atoms with Gasteiger partial charge in [0.05, 0.1) is 15.6 Å². The van der Waals surface area contributed by atoms with Crippen molar-refractivity contribution in [2.45, 2.75) is 11.4 Å². The van der Waals surface area contributed by atoms with E-state index in [0.29, 0.717) is 32.9 Å². The molecule has 0 bridgehead atoms. The molecule has 0 aliphatic heterocycles. The fraction of sp³-hybridized carbons (Fsp3) is 0.0769. The molecule has 0 saturated heterocycles. The topological polar surface area (TPSA) is 72.2 Å². The molecule has 0 atom stereocenters. The van der Waals surface area contributed by atoms with Crippen LogP contribution in [0.4, 0.5) is 5.69 Å². The van der Waals surface area contributed by atoms with E-state index in [1.54, 1.807) is 18.2 Å². The van der Waals surface area contributed by atoms with Gasteiger partial charge in [0.25, 0.3) is 0 Å². The Morgan fingerprint density at radius 2 is 1.62 bits per heavy atom. The van der Waals surface area contributed by atoms with Crippen LogP contribution in [0.1, 0.15) is 5.56 Å². The Morgan fingerprint density at radius 1 is 1.00 bits per heavy atom. The van der Waals surface area contributed by atoms with Crippen molar-refractivity contribution in [2.75, 3.05) is 5.32 Å². The van der Waals surface area contributed by atoms with Gasteiger partial charge in [-0.3, -0.25) is 0 Å². The summed E-state index contributed by atoms with van der Waals surface area (Å²) in [6.45, 7) is 0.298. The normalized spacial score (nSPS) is 11.4. The standard InChI is InChI=1S/C13H11Cl3N2O2S/c14-10-2-1-3-11(15)9(10)7-18-13-6-8(21(17,19)20)4-5-12(13)16/h1-6,18H,7H2,(H2,17,19,20). The van der Waals surface area contributed by atoms with Crippen LogP contribution < -0.4 is 10.5 Å². The van der Waals surface area contributed by atoms with Crippen LogP contribution in [0.2, 0.25) is 15.1 Å². The first-order chi connectivity index (χ1) is 9.79. The third-order valence-electron chi connectivity index (χ3n) is 2.78. The summed E-state index contributed by atoms with van der Waals surface area (Å²) < 4.78 is 22.7. The van der Waals surface area contributed by atoms with Gasteiger partial charge in [0.1, 0.15) is 0 Å². The molecule has 21 heavy (non-hydrogen) atoms. The lowest BCUT2D eigenvalue weighted by molar-refractivity contribution is 0.598. The zero-order valence-electron chi connectivity index (χ0n) is 10.6. The molecule has 0 saturated carbocycles. The van der Waals surface area contributed by atoms with Crippen LogP contribution in [0.25, 0.3) is 0 Å². The Hall–Kier alpha value is -0.980. The van der Waals surface area contributed by atoms with E-state index in [1.807, 2.05) is 0 Å². The maximum Gasteiger partial charge on any atom is 0.238 e. The van der Waals surface area contributed by atoms with Crippen LogP contribution in [-0.4, -0.2) is 8.42 Å². The largest absolute Gasteiger partial charge is 0.380 e. The van der Waals surface area contributed by atoms with Crippen molar-refractivity contribution in [3.63, 3.8) is 0 Å². The van der Waals surface area contributed by atoms with Gasteiger partial charge < -0.3 is 5.32 Å². The molecule has 8 heteroatoms. The molecule has 0 amide bonds. The molecular weight excluding hydrogens is 355 g/mol. The lowest BCUT2D eigenvalue weighted by Gasteiger charge is -2.12. The van der Waals surface area contributed by atoms with E-state index in [0.717, 1.165) is 0 Å². The number of nitrogens with two attached hydrogens (primary N) is 1. The molecular formula is C13H11Cl3N2O2S. The minimum absolute atomic E-state index is 0.0281. The number of halogens is 3. The summed E-state index contributed by atoms with van der Waals surface area (Å²) in [4.78, 5) is -0.0281. The zero-order chi connectivity index (χ0) is 15.6. The van der Waals surface area contributed by atoms with E-state index in [2.05, 4.69) is 5.32 Å². The first-order valence-electron chi connectivity index (χ1n) is 5.78. The van der Waals surface area contributed by atoms with Crippen LogP contribution >= 0.6 is 34.8 Å². The summed E-state index contributed by atoms with van der Waals surface area (Å²) in [5.41, 5.74) is 1.12. The number of anilines is 1. The highest BCUT2D eigenvalue weighted by molar-refractivity contribution is 7.89. The number of rotatable bonds is 4. The Balaban J connectivity index is 2.28. The van der Waals surface area contributed by atoms with Crippen molar-refractivity contribution in [1.29, 1.82) is 0 Å². The molecule has 0 heterocycles. The van der Waals surface area contributed by atoms with E-state index in [-0.39, 0.29) is 4.90 Å². The van der Waals surface area contributed by atoms with Crippen molar-refractivity contribution in [3.8, 4) is 0 Å². The zero-order valence-corrected chi connectivity index (χ0v) is 13.7. The lowest BCUT2D eigenvalue weighted by Crippen LogP contribution is -2.12. The molecule has 0 unspecified atom stereocenters. The number of sulfonamides is 1. The average Bonchev–Trinajstić information content (AvgIpc) is 2.38. The van der Waals surface area contributed by atoms with Gasteiger partial charge in [0, 0.05) is 22.2 Å². The first-order valence-corrected chi connectivity index (χ1v) is 8.46. The highest BCUT2D eigenvalue weighted by Gasteiger charge is 2.12. The fourth-order valence-electron chi connectivity index (χ4n) is 1.70. The summed E-state index contributed by atoms with van der Waals surface area (Å²) in [6.07, 6.45) is 0. The van der Waals surface area contributed by atoms with Gasteiger partial charge in [0.2, 0.25) is 10.0 Å². The molecule has 2 aromatic rings. The molecule has 112 valence electrons. The van der Waals surface area contributed by atoms with Gasteiger partial charge in [-0.05, 0) is 30.3 Å². The Bertz CT molecular complexity index is 759. The van der Waals surface area contributed by atoms with Crippen molar-refractivity contribution in [1.82, 2.24) is 0 Å². The minimum atomic E-state index is -3.79. The van der Waals surface area contributed by atoms with Gasteiger partial charge >= 0.3 is 0 Å². The SMILES string of the molecule is NS(=O)(=O)c1ccc(Cl)c(NCc2c(Cl)cccc2Cl)c1. The molecule has 0 aliphatic carbocycles. The molecule has 2 aromatic carbocycles. The van der Waals surface area contributed by atoms with Gasteiger partial charge in [-0.2, -0.15) is 0 Å². The third-order valence-corrected chi connectivity index (χ3v) is 4.73. The van der Waals surface area contributed by atoms with E-state index >= 15 is 0 Å². The van der Waals surface area contributed by atoms with Crippen molar-refractivity contribution in [3.05, 3.63) is 57.0 Å². The maximum atomic E-state index is 11.3. The Morgan fingerprint density at radius 3 is 2.19 bits per heavy atom. The van der Waals surface area contributed by atoms with Crippen LogP contribution in [0.3, 0.4) is 0 Å². The monoisotopic (exact) mass is 364 g/mol. The first kappa shape index (κ1) is 16.4. The average molecular weight is 366 g/mol. The summed E-state index contributed by atoms with van der Waals surface area (Å²) >= 11 is 18.2. The number of primary sulfonamides is 1. The Labute approximate surface area is 137 Å². The number of hydrogen-bond acceptors (Lipinski definition) is 3. The van der Waals surface area contributed by atoms with Gasteiger partial charge in [-0.1, -0.05) is 40.9 Å². The number of hydrogen-bond donors (Lipinski definition) is 2. The maximum absolute atomic E-state index is 11.3. The highest BCUT2D eigenvalue weighted by atomic mass is 35.5. The second-order valence-electron chi connectivity index (χ2n) is 4.24. The quantitative estimate of drug-likeness (QED) is 0.863. The predicted molar refractivity (Wildman–Crippen MR) is 86.6 cm³/mol. The predicted octanol–water partition coefficient (Wildman–Crippen LogP) is 3.91. The van der Waals surface area contributed by atoms with E-state index in [9.17, 15) is 8.42 Å². The third kappa shape index (κ3) is 4.02. The highest BCUT2D eigenvalue weighted by Crippen LogP contribution is 2.28. The smallest absolute Gasteiger partial charge is 0.238 e. The second-order valence-corrected chi connectivity index (χ2v) is 7.02. The van der Waals surface area contributed by atoms with Crippen LogP contribution in [0, 0.1) is 0 Å². The van der Waals surface area contributed by atoms with Crippen molar-refractivity contribution < 1.29 is 8.42 Å². The van der Waals surface area contributed by atoms with Crippen molar-refractivity contribution in [2.24, 2.45) is 5.14 Å². The van der Waals surface area contributed by atoms with Crippen LogP contribution in [0.15, 0.2) is 41.3 Å². The summed E-state index contributed by atoms with van der Waals surface area (Å²) in [7, 11) is -3.79. The summed E-state index contributed by atoms with van der Waals surface area (Å²) in [6, 6.07) is 9.33. The molecule has 0 radical (unpaired) electrons. The van der Waals surface area contributed by atoms with Crippen LogP contribution in [0.5, 0.6) is 0 Å². The molecule has 0 aliphatic rings. The van der Waals surface area contributed by atoms with E-state index in [4.69, 9.17) is 39.9 Å². The second kappa shape index (κ2) is 6.42. The number of benzene rings is 2. The lowest BCUT2D eigenvalue weighted by atomic mass is 10.2. The van der Waals surface area contributed by atoms with Gasteiger partial charge in [0.15, 0.2) is 0 Å².